The molecule has 0 aromatic heterocycles. The predicted octanol–water partition coefficient (Wildman–Crippen LogP) is 9.35. The Morgan fingerprint density at radius 2 is 1.17 bits per heavy atom. The SMILES string of the molecule is CC/C=C\C/C=C\C/C=C\CCCCCC(=O)OC(COCCCCCCCCCC/C=C\C/C=C\CCCCCC)COC1OC(CO)C(O)C(OS(=O)(=O)O)C1O. The van der Waals surface area contributed by atoms with E-state index in [0.717, 1.165) is 70.6 Å². The third-order valence-electron chi connectivity index (χ3n) is 9.87. The van der Waals surface area contributed by atoms with Crippen molar-refractivity contribution in [3.63, 3.8) is 0 Å². The quantitative estimate of drug-likeness (QED) is 0.0201. The highest BCUT2D eigenvalue weighted by Gasteiger charge is 2.48. The number of ether oxygens (including phenoxy) is 4. The molecule has 6 atom stereocenters. The molecule has 1 rings (SSSR count). The van der Waals surface area contributed by atoms with Gasteiger partial charge in [0.1, 0.15) is 30.5 Å². The van der Waals surface area contributed by atoms with Crippen molar-refractivity contribution < 1.29 is 56.2 Å². The minimum Gasteiger partial charge on any atom is -0.457 e. The zero-order valence-corrected chi connectivity index (χ0v) is 37.1. The van der Waals surface area contributed by atoms with Crippen molar-refractivity contribution in [2.24, 2.45) is 0 Å². The van der Waals surface area contributed by atoms with E-state index >= 15 is 0 Å². The Morgan fingerprint density at radius 1 is 0.661 bits per heavy atom. The van der Waals surface area contributed by atoms with Crippen LogP contribution in [0.25, 0.3) is 0 Å². The summed E-state index contributed by atoms with van der Waals surface area (Å²) in [5.41, 5.74) is 0. The minimum atomic E-state index is -5.07. The molecule has 59 heavy (non-hydrogen) atoms. The summed E-state index contributed by atoms with van der Waals surface area (Å²) in [6.07, 6.45) is 36.9. The zero-order chi connectivity index (χ0) is 43.2. The van der Waals surface area contributed by atoms with E-state index in [0.29, 0.717) is 13.0 Å². The number of esters is 1. The van der Waals surface area contributed by atoms with Gasteiger partial charge in [-0.25, -0.2) is 4.18 Å². The van der Waals surface area contributed by atoms with E-state index in [2.05, 4.69) is 78.8 Å². The first kappa shape index (κ1) is 54.8. The van der Waals surface area contributed by atoms with E-state index in [1.807, 2.05) is 0 Å². The van der Waals surface area contributed by atoms with Crippen molar-refractivity contribution in [2.75, 3.05) is 26.4 Å². The van der Waals surface area contributed by atoms with Gasteiger partial charge in [-0.15, -0.1) is 0 Å². The number of aliphatic hydroxyl groups excluding tert-OH is 3. The van der Waals surface area contributed by atoms with Gasteiger partial charge in [-0.1, -0.05) is 139 Å². The van der Waals surface area contributed by atoms with Crippen molar-refractivity contribution in [2.45, 2.75) is 198 Å². The molecule has 13 heteroatoms. The fourth-order valence-corrected chi connectivity index (χ4v) is 6.99. The summed E-state index contributed by atoms with van der Waals surface area (Å²) in [7, 11) is -5.07. The van der Waals surface area contributed by atoms with Gasteiger partial charge >= 0.3 is 16.4 Å². The molecule has 4 N–H and O–H groups in total. The van der Waals surface area contributed by atoms with E-state index in [4.69, 9.17) is 23.5 Å². The number of rotatable bonds is 38. The Kier molecular flexibility index (Phi) is 34.9. The fourth-order valence-electron chi connectivity index (χ4n) is 6.48. The van der Waals surface area contributed by atoms with E-state index < -0.39 is 59.8 Å². The topological polar surface area (TPSA) is 178 Å². The third-order valence-corrected chi connectivity index (χ3v) is 10.3. The second kappa shape index (κ2) is 37.6. The molecule has 0 amide bonds. The van der Waals surface area contributed by atoms with Crippen LogP contribution in [0.1, 0.15) is 162 Å². The van der Waals surface area contributed by atoms with Gasteiger partial charge in [-0.05, 0) is 77.0 Å². The first-order valence-electron chi connectivity index (χ1n) is 22.5. The predicted molar refractivity (Wildman–Crippen MR) is 234 cm³/mol. The highest BCUT2D eigenvalue weighted by atomic mass is 32.3. The molecule has 0 aromatic carbocycles. The molecule has 6 unspecified atom stereocenters. The second-order valence-electron chi connectivity index (χ2n) is 15.3. The summed E-state index contributed by atoms with van der Waals surface area (Å²) in [4.78, 5) is 12.8. The molecular weight excluding hydrogens is 777 g/mol. The summed E-state index contributed by atoms with van der Waals surface area (Å²) >= 11 is 0. The van der Waals surface area contributed by atoms with Crippen LogP contribution < -0.4 is 0 Å². The number of aliphatic hydroxyl groups is 3. The van der Waals surface area contributed by atoms with Crippen LogP contribution in [-0.2, 0) is 38.3 Å². The lowest BCUT2D eigenvalue weighted by Gasteiger charge is -2.41. The maximum Gasteiger partial charge on any atom is 0.397 e. The number of hydrogen-bond donors (Lipinski definition) is 4. The Bertz CT molecular complexity index is 1260. The lowest BCUT2D eigenvalue weighted by atomic mass is 9.99. The minimum absolute atomic E-state index is 0.0173. The number of allylic oxidation sites excluding steroid dienone is 10. The second-order valence-corrected chi connectivity index (χ2v) is 16.3. The average Bonchev–Trinajstić information content (AvgIpc) is 3.20. The van der Waals surface area contributed by atoms with E-state index in [9.17, 15) is 28.5 Å². The van der Waals surface area contributed by atoms with Crippen LogP contribution in [0.5, 0.6) is 0 Å². The van der Waals surface area contributed by atoms with Crippen LogP contribution in [-0.4, -0.2) is 97.5 Å². The molecule has 1 fully saturated rings. The third kappa shape index (κ3) is 31.3. The molecule has 0 aliphatic carbocycles. The summed E-state index contributed by atoms with van der Waals surface area (Å²) in [6.45, 7) is 3.79. The Labute approximate surface area is 357 Å². The molecule has 0 bridgehead atoms. The molecule has 0 saturated carbocycles. The Balaban J connectivity index is 2.44. The number of hydrogen-bond acceptors (Lipinski definition) is 11. The maximum atomic E-state index is 12.8. The summed E-state index contributed by atoms with van der Waals surface area (Å²) < 4.78 is 59.0. The standard InChI is InChI=1S/C46H80O12S/c1-3-5-7-9-11-13-15-17-18-19-20-21-22-24-26-28-30-32-34-36-54-38-40(39-55-46-44(50)45(58-59(51,52)53)43(49)41(37-47)57-46)56-42(48)35-33-31-29-27-25-23-16-14-12-10-8-6-4-2/h6,8,12-15,18-19,23,25,40-41,43-47,49-50H,3-5,7,9-11,16-17,20-22,24,26-39H2,1-2H3,(H,51,52,53)/b8-6-,14-12-,15-13-,19-18-,25-23-. The lowest BCUT2D eigenvalue weighted by molar-refractivity contribution is -0.301. The van der Waals surface area contributed by atoms with Gasteiger partial charge in [0.25, 0.3) is 0 Å². The highest BCUT2D eigenvalue weighted by Crippen LogP contribution is 2.26. The largest absolute Gasteiger partial charge is 0.457 e. The molecule has 0 spiro atoms. The van der Waals surface area contributed by atoms with E-state index in [1.165, 1.54) is 64.2 Å². The van der Waals surface area contributed by atoms with Crippen LogP contribution in [0.4, 0.5) is 0 Å². The molecule has 342 valence electrons. The molecule has 1 saturated heterocycles. The van der Waals surface area contributed by atoms with Gasteiger partial charge in [0.05, 0.1) is 19.8 Å². The molecule has 0 radical (unpaired) electrons. The Hall–Kier alpha value is -2.20. The molecule has 1 aliphatic rings. The van der Waals surface area contributed by atoms with Crippen molar-refractivity contribution >= 4 is 16.4 Å². The summed E-state index contributed by atoms with van der Waals surface area (Å²) in [5.74, 6) is -0.432. The van der Waals surface area contributed by atoms with Crippen LogP contribution in [0.2, 0.25) is 0 Å². The average molecular weight is 857 g/mol. The molecule has 1 heterocycles. The van der Waals surface area contributed by atoms with Gasteiger partial charge in [-0.3, -0.25) is 9.35 Å². The smallest absolute Gasteiger partial charge is 0.397 e. The number of carbonyl (C=O) groups is 1. The number of unbranched alkanes of at least 4 members (excludes halogenated alkanes) is 15. The molecular formula is C46H80O12S. The fraction of sp³-hybridized carbons (Fsp3) is 0.761. The van der Waals surface area contributed by atoms with E-state index in [-0.39, 0.29) is 19.6 Å². The van der Waals surface area contributed by atoms with Crippen molar-refractivity contribution in [1.29, 1.82) is 0 Å². The van der Waals surface area contributed by atoms with Gasteiger partial charge in [0.2, 0.25) is 0 Å². The summed E-state index contributed by atoms with van der Waals surface area (Å²) in [6, 6.07) is 0. The van der Waals surface area contributed by atoms with Gasteiger partial charge < -0.3 is 34.3 Å². The van der Waals surface area contributed by atoms with Crippen LogP contribution in [0.3, 0.4) is 0 Å². The summed E-state index contributed by atoms with van der Waals surface area (Å²) in [5, 5.41) is 30.6. The number of carbonyl (C=O) groups excluding carboxylic acids is 1. The van der Waals surface area contributed by atoms with Crippen LogP contribution in [0.15, 0.2) is 60.8 Å². The zero-order valence-electron chi connectivity index (χ0n) is 36.3. The monoisotopic (exact) mass is 857 g/mol. The first-order chi connectivity index (χ1) is 28.6. The van der Waals surface area contributed by atoms with Gasteiger partial charge in [0.15, 0.2) is 6.29 Å². The van der Waals surface area contributed by atoms with Gasteiger partial charge in [-0.2, -0.15) is 8.42 Å². The molecule has 1 aliphatic heterocycles. The van der Waals surface area contributed by atoms with Crippen molar-refractivity contribution in [1.82, 2.24) is 0 Å². The van der Waals surface area contributed by atoms with E-state index in [1.54, 1.807) is 0 Å². The molecule has 0 aromatic rings. The van der Waals surface area contributed by atoms with Crippen molar-refractivity contribution in [3.8, 4) is 0 Å². The highest BCUT2D eigenvalue weighted by molar-refractivity contribution is 7.80. The van der Waals surface area contributed by atoms with Crippen LogP contribution >= 0.6 is 0 Å². The normalized spacial score (nSPS) is 20.9. The molecule has 12 nitrogen and oxygen atoms in total. The lowest BCUT2D eigenvalue weighted by Crippen LogP contribution is -2.60. The maximum absolute atomic E-state index is 12.8. The van der Waals surface area contributed by atoms with Crippen molar-refractivity contribution in [3.05, 3.63) is 60.8 Å². The Morgan fingerprint density at radius 3 is 1.71 bits per heavy atom. The van der Waals surface area contributed by atoms with Crippen LogP contribution in [0, 0.1) is 0 Å². The first-order valence-corrected chi connectivity index (χ1v) is 23.9. The van der Waals surface area contributed by atoms with Gasteiger partial charge in [0, 0.05) is 13.0 Å².